The molecule has 0 N–H and O–H groups in total. The lowest BCUT2D eigenvalue weighted by atomic mass is 9.65. The van der Waals surface area contributed by atoms with E-state index < -0.39 is 5.41 Å². The smallest absolute Gasteiger partial charge is 0.159 e. The fraction of sp³-hybridized carbons (Fsp3) is 0.0159. The first kappa shape index (κ1) is 36.9. The van der Waals surface area contributed by atoms with Gasteiger partial charge in [0.1, 0.15) is 17.1 Å². The van der Waals surface area contributed by atoms with E-state index in [0.717, 1.165) is 94.3 Å². The number of furan rings is 1. The third-order valence-corrected chi connectivity index (χ3v) is 15.7. The SMILES string of the molecule is c1ccc(N(c2cccc3c2oc2ccccc23)c2cccc3c2sc2ccccc23)c(-c2ccc3c(c2)C2(c4ccccc4-3)c3ccc4ccccc4c3Oc3c2ccc2ccccc32)c1. The number of hydrogen-bond donors (Lipinski definition) is 0. The van der Waals surface area contributed by atoms with E-state index >= 15 is 0 Å². The predicted octanol–water partition coefficient (Wildman–Crippen LogP) is 17.9. The van der Waals surface area contributed by atoms with Crippen molar-refractivity contribution < 1.29 is 9.15 Å². The summed E-state index contributed by atoms with van der Waals surface area (Å²) >= 11 is 1.85. The first-order chi connectivity index (χ1) is 33.2. The Bertz CT molecular complexity index is 4030. The van der Waals surface area contributed by atoms with Crippen molar-refractivity contribution in [2.75, 3.05) is 4.90 Å². The van der Waals surface area contributed by atoms with Crippen LogP contribution in [0.3, 0.4) is 0 Å². The standard InChI is InChI=1S/C63H37NO2S/c1-3-18-42-38(15-1)32-35-51-59(42)66-60-43-19-4-2-16-39(43)33-36-52(60)63(51)50-25-9-5-20-44(50)45-34-31-40(37-53(45)63)41-17-6-10-26-54(41)64(55-27-13-23-48-46-21-7-11-29-57(46)65-61(48)55)56-28-14-24-49-47-22-8-12-30-58(47)67-62(49)56/h1-37H. The molecule has 15 rings (SSSR count). The molecule has 13 aromatic rings. The van der Waals surface area contributed by atoms with E-state index in [0.29, 0.717) is 0 Å². The van der Waals surface area contributed by atoms with Crippen molar-refractivity contribution in [3.63, 3.8) is 0 Å². The Hall–Kier alpha value is -8.44. The summed E-state index contributed by atoms with van der Waals surface area (Å²) in [6, 6.07) is 82.0. The Morgan fingerprint density at radius 1 is 0.373 bits per heavy atom. The molecule has 0 radical (unpaired) electrons. The topological polar surface area (TPSA) is 25.6 Å². The molecule has 0 amide bonds. The third kappa shape index (κ3) is 5.00. The van der Waals surface area contributed by atoms with Crippen molar-refractivity contribution in [1.82, 2.24) is 0 Å². The highest BCUT2D eigenvalue weighted by molar-refractivity contribution is 7.26. The lowest BCUT2D eigenvalue weighted by Gasteiger charge is -2.40. The van der Waals surface area contributed by atoms with Crippen LogP contribution in [0.25, 0.3) is 85.9 Å². The van der Waals surface area contributed by atoms with Gasteiger partial charge in [0, 0.05) is 53.7 Å². The first-order valence-electron chi connectivity index (χ1n) is 22.9. The molecule has 0 unspecified atom stereocenters. The summed E-state index contributed by atoms with van der Waals surface area (Å²) < 4.78 is 16.6. The van der Waals surface area contributed by atoms with Crippen LogP contribution in [-0.2, 0) is 5.41 Å². The molecule has 0 saturated heterocycles. The van der Waals surface area contributed by atoms with Crippen LogP contribution in [-0.4, -0.2) is 0 Å². The van der Waals surface area contributed by atoms with E-state index in [-0.39, 0.29) is 0 Å². The number of rotatable bonds is 4. The van der Waals surface area contributed by atoms with Gasteiger partial charge < -0.3 is 14.1 Å². The quantitative estimate of drug-likeness (QED) is 0.176. The number of anilines is 3. The molecule has 3 nitrogen and oxygen atoms in total. The van der Waals surface area contributed by atoms with E-state index in [2.05, 4.69) is 229 Å². The maximum atomic E-state index is 7.28. The molecule has 2 aliphatic rings. The zero-order valence-electron chi connectivity index (χ0n) is 36.0. The largest absolute Gasteiger partial charge is 0.455 e. The molecule has 312 valence electrons. The Kier molecular flexibility index (Phi) is 7.58. The van der Waals surface area contributed by atoms with Crippen molar-refractivity contribution >= 4 is 92.1 Å². The number of hydrogen-bond acceptors (Lipinski definition) is 4. The Labute approximate surface area is 390 Å². The van der Waals surface area contributed by atoms with Crippen molar-refractivity contribution in [1.29, 1.82) is 0 Å². The number of thiophene rings is 1. The summed E-state index contributed by atoms with van der Waals surface area (Å²) in [4.78, 5) is 2.45. The van der Waals surface area contributed by atoms with E-state index in [1.807, 2.05) is 11.3 Å². The molecule has 2 aromatic heterocycles. The average molecular weight is 872 g/mol. The van der Waals surface area contributed by atoms with Gasteiger partial charge in [-0.25, -0.2) is 0 Å². The molecular weight excluding hydrogens is 835 g/mol. The molecule has 1 spiro atoms. The fourth-order valence-corrected chi connectivity index (χ4v) is 12.9. The van der Waals surface area contributed by atoms with Gasteiger partial charge in [0.2, 0.25) is 0 Å². The lowest BCUT2D eigenvalue weighted by molar-refractivity contribution is 0.447. The molecule has 11 aromatic carbocycles. The maximum Gasteiger partial charge on any atom is 0.159 e. The molecule has 3 heterocycles. The monoisotopic (exact) mass is 871 g/mol. The second-order valence-corrected chi connectivity index (χ2v) is 18.9. The van der Waals surface area contributed by atoms with Crippen molar-refractivity contribution in [2.45, 2.75) is 5.41 Å². The van der Waals surface area contributed by atoms with Crippen LogP contribution < -0.4 is 9.64 Å². The molecule has 0 bridgehead atoms. The van der Waals surface area contributed by atoms with E-state index in [4.69, 9.17) is 9.15 Å². The number of fused-ring (bicyclic) bond motifs is 19. The minimum atomic E-state index is -0.671. The zero-order valence-corrected chi connectivity index (χ0v) is 36.9. The van der Waals surface area contributed by atoms with Gasteiger partial charge in [-0.1, -0.05) is 188 Å². The molecule has 0 saturated carbocycles. The second kappa shape index (κ2) is 13.8. The van der Waals surface area contributed by atoms with Gasteiger partial charge in [0.05, 0.1) is 27.2 Å². The van der Waals surface area contributed by atoms with Crippen LogP contribution in [0.2, 0.25) is 0 Å². The van der Waals surface area contributed by atoms with Crippen LogP contribution in [0.15, 0.2) is 229 Å². The van der Waals surface area contributed by atoms with Crippen molar-refractivity contribution in [2.24, 2.45) is 0 Å². The second-order valence-electron chi connectivity index (χ2n) is 17.8. The summed E-state index contributed by atoms with van der Waals surface area (Å²) in [6.45, 7) is 0. The van der Waals surface area contributed by atoms with Crippen LogP contribution in [0.1, 0.15) is 22.3 Å². The van der Waals surface area contributed by atoms with Crippen molar-refractivity contribution in [3.8, 4) is 33.8 Å². The van der Waals surface area contributed by atoms with Crippen LogP contribution in [0.5, 0.6) is 11.5 Å². The van der Waals surface area contributed by atoms with Gasteiger partial charge in [-0.05, 0) is 75.0 Å². The summed E-state index contributed by atoms with van der Waals surface area (Å²) in [5, 5.41) is 9.23. The third-order valence-electron chi connectivity index (χ3n) is 14.5. The highest BCUT2D eigenvalue weighted by atomic mass is 32.1. The van der Waals surface area contributed by atoms with E-state index in [9.17, 15) is 0 Å². The van der Waals surface area contributed by atoms with Crippen molar-refractivity contribution in [3.05, 3.63) is 247 Å². The molecule has 0 fully saturated rings. The van der Waals surface area contributed by atoms with Gasteiger partial charge in [-0.2, -0.15) is 0 Å². The zero-order chi connectivity index (χ0) is 43.8. The van der Waals surface area contributed by atoms with Crippen LogP contribution in [0.4, 0.5) is 17.1 Å². The van der Waals surface area contributed by atoms with E-state index in [1.54, 1.807) is 0 Å². The Morgan fingerprint density at radius 2 is 0.955 bits per heavy atom. The average Bonchev–Trinajstić information content (AvgIpc) is 4.06. The van der Waals surface area contributed by atoms with Gasteiger partial charge >= 0.3 is 0 Å². The van der Waals surface area contributed by atoms with Gasteiger partial charge in [-0.15, -0.1) is 11.3 Å². The summed E-state index contributed by atoms with van der Waals surface area (Å²) in [7, 11) is 0. The highest BCUT2D eigenvalue weighted by Crippen LogP contribution is 2.64. The highest BCUT2D eigenvalue weighted by Gasteiger charge is 2.52. The summed E-state index contributed by atoms with van der Waals surface area (Å²) in [5.41, 5.74) is 13.8. The molecular formula is C63H37NO2S. The van der Waals surface area contributed by atoms with Gasteiger partial charge in [0.15, 0.2) is 5.58 Å². The van der Waals surface area contributed by atoms with Crippen LogP contribution >= 0.6 is 11.3 Å². The number of ether oxygens (including phenoxy) is 1. The van der Waals surface area contributed by atoms with Crippen LogP contribution in [0, 0.1) is 0 Å². The lowest BCUT2D eigenvalue weighted by Crippen LogP contribution is -2.32. The summed E-state index contributed by atoms with van der Waals surface area (Å²) in [6.07, 6.45) is 0. The Balaban J connectivity index is 1.03. The molecule has 1 aliphatic heterocycles. The fourth-order valence-electron chi connectivity index (χ4n) is 11.7. The number of para-hydroxylation sites is 3. The number of benzene rings is 11. The number of nitrogens with zero attached hydrogens (tertiary/aromatic N) is 1. The first-order valence-corrected chi connectivity index (χ1v) is 23.7. The molecule has 0 atom stereocenters. The molecule has 67 heavy (non-hydrogen) atoms. The van der Waals surface area contributed by atoms with E-state index in [1.165, 1.54) is 42.4 Å². The molecule has 1 aliphatic carbocycles. The Morgan fingerprint density at radius 3 is 1.75 bits per heavy atom. The summed E-state index contributed by atoms with van der Waals surface area (Å²) in [5.74, 6) is 1.83. The van der Waals surface area contributed by atoms with Gasteiger partial charge in [-0.3, -0.25) is 0 Å². The molecule has 4 heteroatoms. The normalized spacial score (nSPS) is 13.3. The minimum absolute atomic E-state index is 0.671. The predicted molar refractivity (Wildman–Crippen MR) is 279 cm³/mol. The minimum Gasteiger partial charge on any atom is -0.455 e. The van der Waals surface area contributed by atoms with Gasteiger partial charge in [0.25, 0.3) is 0 Å². The maximum absolute atomic E-state index is 7.28.